The summed E-state index contributed by atoms with van der Waals surface area (Å²) in [4.78, 5) is 26.9. The second-order valence-electron chi connectivity index (χ2n) is 7.28. The minimum Gasteiger partial charge on any atom is -0.504 e. The van der Waals surface area contributed by atoms with Crippen LogP contribution < -0.4 is 10.2 Å². The van der Waals surface area contributed by atoms with Crippen molar-refractivity contribution in [1.82, 2.24) is 10.3 Å². The highest BCUT2D eigenvalue weighted by Crippen LogP contribution is 2.26. The average molecular weight is 409 g/mol. The van der Waals surface area contributed by atoms with E-state index >= 15 is 0 Å². The number of phenolic OH excluding ortho intramolecular Hbond substituents is 1. The summed E-state index contributed by atoms with van der Waals surface area (Å²) in [6, 6.07) is 12.4. The summed E-state index contributed by atoms with van der Waals surface area (Å²) in [5.74, 6) is 0.117. The van der Waals surface area contributed by atoms with Gasteiger partial charge < -0.3 is 14.7 Å². The van der Waals surface area contributed by atoms with Crippen molar-refractivity contribution in [1.29, 1.82) is 0 Å². The number of aromatic hydroxyl groups is 1. The van der Waals surface area contributed by atoms with Gasteiger partial charge in [0.1, 0.15) is 0 Å². The van der Waals surface area contributed by atoms with E-state index in [1.54, 1.807) is 17.0 Å². The molecule has 1 aliphatic rings. The van der Waals surface area contributed by atoms with Gasteiger partial charge in [-0.25, -0.2) is 5.43 Å². The van der Waals surface area contributed by atoms with Crippen LogP contribution in [0.25, 0.3) is 0 Å². The van der Waals surface area contributed by atoms with Crippen LogP contribution in [0.3, 0.4) is 0 Å². The first kappa shape index (κ1) is 21.4. The van der Waals surface area contributed by atoms with Crippen LogP contribution in [-0.4, -0.2) is 47.7 Å². The summed E-state index contributed by atoms with van der Waals surface area (Å²) in [5, 5.41) is 13.7. The Morgan fingerprint density at radius 1 is 1.23 bits per heavy atom. The Hall–Kier alpha value is -3.35. The number of aryl methyl sites for hydroxylation is 1. The molecular formula is C23H27N3O4. The maximum absolute atomic E-state index is 12.7. The summed E-state index contributed by atoms with van der Waals surface area (Å²) in [5.41, 5.74) is 4.95. The lowest BCUT2D eigenvalue weighted by molar-refractivity contribution is -0.126. The maximum atomic E-state index is 12.7. The molecule has 1 aliphatic heterocycles. The van der Waals surface area contributed by atoms with E-state index in [1.807, 2.05) is 38.1 Å². The maximum Gasteiger partial charge on any atom is 0.254 e. The van der Waals surface area contributed by atoms with Crippen molar-refractivity contribution >= 4 is 18.0 Å². The first-order valence-corrected chi connectivity index (χ1v) is 10.1. The van der Waals surface area contributed by atoms with Crippen LogP contribution >= 0.6 is 0 Å². The van der Waals surface area contributed by atoms with Crippen molar-refractivity contribution in [3.63, 3.8) is 0 Å². The highest BCUT2D eigenvalue weighted by Gasteiger charge is 2.28. The molecule has 1 saturated heterocycles. The second kappa shape index (κ2) is 9.91. The van der Waals surface area contributed by atoms with Crippen LogP contribution in [-0.2, 0) is 4.79 Å². The van der Waals surface area contributed by atoms with Gasteiger partial charge in [-0.1, -0.05) is 18.2 Å². The topological polar surface area (TPSA) is 91.2 Å². The number of benzene rings is 2. The van der Waals surface area contributed by atoms with Gasteiger partial charge in [-0.3, -0.25) is 9.59 Å². The third kappa shape index (κ3) is 5.17. The number of nitrogens with zero attached hydrogens (tertiary/aromatic N) is 2. The normalized spacial score (nSPS) is 14.7. The molecule has 30 heavy (non-hydrogen) atoms. The van der Waals surface area contributed by atoms with Gasteiger partial charge in [-0.05, 0) is 62.1 Å². The van der Waals surface area contributed by atoms with Crippen molar-refractivity contribution in [2.24, 2.45) is 11.0 Å². The number of hydrogen-bond donors (Lipinski definition) is 2. The quantitative estimate of drug-likeness (QED) is 0.567. The molecule has 0 spiro atoms. The lowest BCUT2D eigenvalue weighted by Crippen LogP contribution is -2.42. The zero-order valence-corrected chi connectivity index (χ0v) is 17.3. The molecule has 1 heterocycles. The first-order chi connectivity index (χ1) is 14.5. The SMILES string of the molecule is CCOc1cc(/C=N\NC(=O)C2CCN(C(=O)c3ccccc3C)CC2)ccc1O. The van der Waals surface area contributed by atoms with Crippen molar-refractivity contribution in [2.45, 2.75) is 26.7 Å². The van der Waals surface area contributed by atoms with Crippen LogP contribution in [0.4, 0.5) is 0 Å². The largest absolute Gasteiger partial charge is 0.504 e. The van der Waals surface area contributed by atoms with Gasteiger partial charge in [-0.15, -0.1) is 0 Å². The Morgan fingerprint density at radius 2 is 1.97 bits per heavy atom. The summed E-state index contributed by atoms with van der Waals surface area (Å²) < 4.78 is 5.34. The number of amides is 2. The number of hydrazone groups is 1. The van der Waals surface area contributed by atoms with Gasteiger partial charge in [0.15, 0.2) is 11.5 Å². The fourth-order valence-electron chi connectivity index (χ4n) is 3.47. The van der Waals surface area contributed by atoms with Gasteiger partial charge in [0.25, 0.3) is 5.91 Å². The number of likely N-dealkylation sites (tertiary alicyclic amines) is 1. The van der Waals surface area contributed by atoms with Gasteiger partial charge in [0.2, 0.25) is 5.91 Å². The molecule has 0 atom stereocenters. The molecule has 0 aliphatic carbocycles. The molecule has 2 aromatic carbocycles. The van der Waals surface area contributed by atoms with Crippen LogP contribution in [0.1, 0.15) is 41.3 Å². The lowest BCUT2D eigenvalue weighted by Gasteiger charge is -2.31. The molecule has 7 nitrogen and oxygen atoms in total. The highest BCUT2D eigenvalue weighted by atomic mass is 16.5. The molecule has 0 radical (unpaired) electrons. The molecular weight excluding hydrogens is 382 g/mol. The van der Waals surface area contributed by atoms with Gasteiger partial charge in [0, 0.05) is 24.6 Å². The van der Waals surface area contributed by atoms with Gasteiger partial charge >= 0.3 is 0 Å². The molecule has 2 aromatic rings. The molecule has 0 bridgehead atoms. The number of piperidine rings is 1. The predicted octanol–water partition coefficient (Wildman–Crippen LogP) is 3.10. The van der Waals surface area contributed by atoms with E-state index in [9.17, 15) is 14.7 Å². The molecule has 0 saturated carbocycles. The Kier molecular flexibility index (Phi) is 7.06. The monoisotopic (exact) mass is 409 g/mol. The van der Waals surface area contributed by atoms with E-state index in [2.05, 4.69) is 10.5 Å². The van der Waals surface area contributed by atoms with E-state index in [1.165, 1.54) is 12.3 Å². The molecule has 2 amide bonds. The van der Waals surface area contributed by atoms with E-state index in [0.29, 0.717) is 49.4 Å². The molecule has 1 fully saturated rings. The zero-order chi connectivity index (χ0) is 21.5. The van der Waals surface area contributed by atoms with Crippen LogP contribution in [0.5, 0.6) is 11.5 Å². The predicted molar refractivity (Wildman–Crippen MR) is 115 cm³/mol. The van der Waals surface area contributed by atoms with E-state index in [-0.39, 0.29) is 23.5 Å². The number of phenols is 1. The summed E-state index contributed by atoms with van der Waals surface area (Å²) in [7, 11) is 0. The van der Waals surface area contributed by atoms with Crippen molar-refractivity contribution in [2.75, 3.05) is 19.7 Å². The Morgan fingerprint density at radius 3 is 2.67 bits per heavy atom. The van der Waals surface area contributed by atoms with Crippen LogP contribution in [0, 0.1) is 12.8 Å². The van der Waals surface area contributed by atoms with Gasteiger partial charge in [-0.2, -0.15) is 5.10 Å². The van der Waals surface area contributed by atoms with Crippen molar-refractivity contribution < 1.29 is 19.4 Å². The smallest absolute Gasteiger partial charge is 0.254 e. The first-order valence-electron chi connectivity index (χ1n) is 10.1. The molecule has 158 valence electrons. The number of carbonyl (C=O) groups excluding carboxylic acids is 2. The Balaban J connectivity index is 1.51. The second-order valence-corrected chi connectivity index (χ2v) is 7.28. The number of rotatable bonds is 6. The zero-order valence-electron chi connectivity index (χ0n) is 17.3. The minimum absolute atomic E-state index is 0.0161. The molecule has 0 aromatic heterocycles. The number of nitrogens with one attached hydrogen (secondary N) is 1. The van der Waals surface area contributed by atoms with E-state index in [4.69, 9.17) is 4.74 Å². The molecule has 3 rings (SSSR count). The van der Waals surface area contributed by atoms with Crippen LogP contribution in [0.2, 0.25) is 0 Å². The fourth-order valence-corrected chi connectivity index (χ4v) is 3.47. The summed E-state index contributed by atoms with van der Waals surface area (Å²) in [6.07, 6.45) is 2.72. The van der Waals surface area contributed by atoms with Gasteiger partial charge in [0.05, 0.1) is 12.8 Å². The van der Waals surface area contributed by atoms with Crippen molar-refractivity contribution in [3.05, 3.63) is 59.2 Å². The number of ether oxygens (including phenoxy) is 1. The molecule has 7 heteroatoms. The number of carbonyl (C=O) groups is 2. The minimum atomic E-state index is -0.179. The summed E-state index contributed by atoms with van der Waals surface area (Å²) >= 11 is 0. The van der Waals surface area contributed by atoms with Crippen molar-refractivity contribution in [3.8, 4) is 11.5 Å². The third-order valence-corrected chi connectivity index (χ3v) is 5.20. The van der Waals surface area contributed by atoms with Crippen LogP contribution in [0.15, 0.2) is 47.6 Å². The fraction of sp³-hybridized carbons (Fsp3) is 0.348. The molecule has 0 unspecified atom stereocenters. The van der Waals surface area contributed by atoms with E-state index in [0.717, 1.165) is 5.56 Å². The lowest BCUT2D eigenvalue weighted by atomic mass is 9.95. The third-order valence-electron chi connectivity index (χ3n) is 5.20. The molecule has 2 N–H and O–H groups in total. The average Bonchev–Trinajstić information content (AvgIpc) is 2.76. The van der Waals surface area contributed by atoms with E-state index < -0.39 is 0 Å². The highest BCUT2D eigenvalue weighted by molar-refractivity contribution is 5.95. The number of hydrogen-bond acceptors (Lipinski definition) is 5. The summed E-state index contributed by atoms with van der Waals surface area (Å²) in [6.45, 7) is 5.29. The Bertz CT molecular complexity index is 934. The Labute approximate surface area is 176 Å². The standard InChI is InChI=1S/C23H27N3O4/c1-3-30-21-14-17(8-9-20(21)27)15-24-25-22(28)18-10-12-26(13-11-18)23(29)19-7-5-4-6-16(19)2/h4-9,14-15,18,27H,3,10-13H2,1-2H3,(H,25,28)/b24-15-.